The van der Waals surface area contributed by atoms with E-state index in [9.17, 15) is 8.42 Å². The van der Waals surface area contributed by atoms with Crippen LogP contribution >= 0.6 is 0 Å². The van der Waals surface area contributed by atoms with Gasteiger partial charge >= 0.3 is 0 Å². The number of aromatic nitrogens is 2. The molecule has 0 unspecified atom stereocenters. The van der Waals surface area contributed by atoms with Crippen molar-refractivity contribution in [2.45, 2.75) is 18.4 Å². The molecule has 0 radical (unpaired) electrons. The molecule has 0 atom stereocenters. The molecule has 2 N–H and O–H groups in total. The van der Waals surface area contributed by atoms with E-state index in [1.807, 2.05) is 13.0 Å². The molecular weight excluding hydrogens is 264 g/mol. The van der Waals surface area contributed by atoms with Gasteiger partial charge in [-0.15, -0.1) is 0 Å². The highest BCUT2D eigenvalue weighted by molar-refractivity contribution is 7.93. The van der Waals surface area contributed by atoms with Gasteiger partial charge < -0.3 is 5.73 Å². The minimum atomic E-state index is -3.69. The number of aryl methyl sites for hydroxylation is 1. The molecule has 0 spiro atoms. The lowest BCUT2D eigenvalue weighted by molar-refractivity contribution is 0.594. The average Bonchev–Trinajstić information content (AvgIpc) is 2.81. The highest BCUT2D eigenvalue weighted by atomic mass is 32.2. The second-order valence-electron chi connectivity index (χ2n) is 4.04. The summed E-state index contributed by atoms with van der Waals surface area (Å²) in [4.78, 5) is 0.0284. The van der Waals surface area contributed by atoms with Crippen LogP contribution in [0.5, 0.6) is 0 Å². The molecule has 1 heterocycles. The summed E-state index contributed by atoms with van der Waals surface area (Å²) in [6.07, 6.45) is 1.45. The molecule has 1 aromatic carbocycles. The number of nitrogen functional groups attached to an aromatic ring is 1. The van der Waals surface area contributed by atoms with Crippen molar-refractivity contribution in [1.29, 1.82) is 0 Å². The van der Waals surface area contributed by atoms with Gasteiger partial charge in [0, 0.05) is 19.8 Å². The molecule has 0 fully saturated rings. The lowest BCUT2D eigenvalue weighted by Crippen LogP contribution is -2.26. The summed E-state index contributed by atoms with van der Waals surface area (Å²) in [6.45, 7) is 2.43. The van der Waals surface area contributed by atoms with Crippen LogP contribution in [0.15, 0.2) is 41.4 Å². The van der Waals surface area contributed by atoms with E-state index in [1.165, 1.54) is 22.2 Å². The van der Waals surface area contributed by atoms with Gasteiger partial charge in [0.1, 0.15) is 4.90 Å². The molecule has 0 amide bonds. The normalized spacial score (nSPS) is 11.5. The standard InChI is InChI=1S/C12H16N4O2S/c1-3-16-9-11(12(13)14-16)19(17,18)15(2)10-7-5-4-6-8-10/h4-9H,3H2,1-2H3,(H2,13,14). The number of hydrogen-bond donors (Lipinski definition) is 1. The molecule has 6 nitrogen and oxygen atoms in total. The van der Waals surface area contributed by atoms with E-state index in [1.54, 1.807) is 24.3 Å². The zero-order chi connectivity index (χ0) is 14.0. The first-order valence-electron chi connectivity index (χ1n) is 5.83. The van der Waals surface area contributed by atoms with Gasteiger partial charge in [-0.3, -0.25) is 8.99 Å². The monoisotopic (exact) mass is 280 g/mol. The van der Waals surface area contributed by atoms with Crippen molar-refractivity contribution in [3.05, 3.63) is 36.5 Å². The van der Waals surface area contributed by atoms with Crippen LogP contribution in [0.3, 0.4) is 0 Å². The molecule has 19 heavy (non-hydrogen) atoms. The van der Waals surface area contributed by atoms with Crippen LogP contribution in [0.4, 0.5) is 11.5 Å². The molecule has 0 saturated heterocycles. The summed E-state index contributed by atoms with van der Waals surface area (Å²) in [5.74, 6) is 0.0182. The van der Waals surface area contributed by atoms with Gasteiger partial charge in [-0.2, -0.15) is 5.10 Å². The maximum atomic E-state index is 12.5. The number of para-hydroxylation sites is 1. The molecule has 0 aliphatic heterocycles. The fourth-order valence-electron chi connectivity index (χ4n) is 1.70. The third-order valence-corrected chi connectivity index (χ3v) is 4.64. The molecule has 2 aromatic rings. The van der Waals surface area contributed by atoms with Crippen molar-refractivity contribution in [1.82, 2.24) is 9.78 Å². The third-order valence-electron chi connectivity index (χ3n) is 2.84. The van der Waals surface area contributed by atoms with Crippen LogP contribution in [-0.4, -0.2) is 25.2 Å². The van der Waals surface area contributed by atoms with E-state index in [2.05, 4.69) is 5.10 Å². The Morgan fingerprint density at radius 2 is 1.95 bits per heavy atom. The van der Waals surface area contributed by atoms with E-state index < -0.39 is 10.0 Å². The number of nitrogens with zero attached hydrogens (tertiary/aromatic N) is 3. The second kappa shape index (κ2) is 4.93. The number of benzene rings is 1. The molecule has 2 rings (SSSR count). The fourth-order valence-corrected chi connectivity index (χ4v) is 2.96. The lowest BCUT2D eigenvalue weighted by Gasteiger charge is -2.18. The maximum Gasteiger partial charge on any atom is 0.269 e. The smallest absolute Gasteiger partial charge is 0.269 e. The molecule has 0 saturated carbocycles. The van der Waals surface area contributed by atoms with E-state index in [0.29, 0.717) is 12.2 Å². The van der Waals surface area contributed by atoms with E-state index in [-0.39, 0.29) is 10.7 Å². The van der Waals surface area contributed by atoms with Crippen LogP contribution < -0.4 is 10.0 Å². The Hall–Kier alpha value is -2.02. The number of nitrogens with two attached hydrogens (primary N) is 1. The van der Waals surface area contributed by atoms with Gasteiger partial charge in [0.15, 0.2) is 5.82 Å². The summed E-state index contributed by atoms with van der Waals surface area (Å²) in [6, 6.07) is 8.82. The number of sulfonamides is 1. The second-order valence-corrected chi connectivity index (χ2v) is 5.98. The van der Waals surface area contributed by atoms with Crippen LogP contribution in [-0.2, 0) is 16.6 Å². The van der Waals surface area contributed by atoms with Gasteiger partial charge in [0.05, 0.1) is 5.69 Å². The molecule has 7 heteroatoms. The molecule has 0 aliphatic carbocycles. The largest absolute Gasteiger partial charge is 0.381 e. The van der Waals surface area contributed by atoms with Crippen molar-refractivity contribution in [2.75, 3.05) is 17.1 Å². The summed E-state index contributed by atoms with van der Waals surface area (Å²) < 4.78 is 27.6. The predicted molar refractivity (Wildman–Crippen MR) is 74.3 cm³/mol. The Labute approximate surface area is 112 Å². The molecule has 102 valence electrons. The van der Waals surface area contributed by atoms with Crippen LogP contribution in [0.1, 0.15) is 6.92 Å². The summed E-state index contributed by atoms with van der Waals surface area (Å²) in [7, 11) is -2.19. The van der Waals surface area contributed by atoms with Crippen molar-refractivity contribution >= 4 is 21.5 Å². The maximum absolute atomic E-state index is 12.5. The van der Waals surface area contributed by atoms with Gasteiger partial charge in [-0.1, -0.05) is 18.2 Å². The van der Waals surface area contributed by atoms with Crippen LogP contribution in [0.25, 0.3) is 0 Å². The van der Waals surface area contributed by atoms with Crippen LogP contribution in [0.2, 0.25) is 0 Å². The fraction of sp³-hybridized carbons (Fsp3) is 0.250. The average molecular weight is 280 g/mol. The summed E-state index contributed by atoms with van der Waals surface area (Å²) >= 11 is 0. The van der Waals surface area contributed by atoms with Crippen molar-refractivity contribution in [3.63, 3.8) is 0 Å². The first kappa shape index (κ1) is 13.4. The number of rotatable bonds is 4. The van der Waals surface area contributed by atoms with E-state index in [0.717, 1.165) is 0 Å². The van der Waals surface area contributed by atoms with Crippen molar-refractivity contribution in [2.24, 2.45) is 0 Å². The molecular formula is C12H16N4O2S. The Morgan fingerprint density at radius 1 is 1.32 bits per heavy atom. The topological polar surface area (TPSA) is 81.2 Å². The van der Waals surface area contributed by atoms with Gasteiger partial charge in [-0.05, 0) is 19.1 Å². The summed E-state index contributed by atoms with van der Waals surface area (Å²) in [5.41, 5.74) is 6.26. The third kappa shape index (κ3) is 2.41. The van der Waals surface area contributed by atoms with E-state index >= 15 is 0 Å². The zero-order valence-electron chi connectivity index (χ0n) is 10.8. The van der Waals surface area contributed by atoms with Crippen molar-refractivity contribution in [3.8, 4) is 0 Å². The Kier molecular flexibility index (Phi) is 3.48. The quantitative estimate of drug-likeness (QED) is 0.915. The highest BCUT2D eigenvalue weighted by Gasteiger charge is 2.26. The molecule has 0 aliphatic rings. The SMILES string of the molecule is CCn1cc(S(=O)(=O)N(C)c2ccccc2)c(N)n1. The minimum Gasteiger partial charge on any atom is -0.381 e. The number of anilines is 2. The highest BCUT2D eigenvalue weighted by Crippen LogP contribution is 2.24. The van der Waals surface area contributed by atoms with Gasteiger partial charge in [0.2, 0.25) is 0 Å². The Morgan fingerprint density at radius 3 is 2.47 bits per heavy atom. The lowest BCUT2D eigenvalue weighted by atomic mass is 10.3. The Balaban J connectivity index is 2.45. The first-order chi connectivity index (χ1) is 8.96. The molecule has 0 bridgehead atoms. The van der Waals surface area contributed by atoms with E-state index in [4.69, 9.17) is 5.73 Å². The molecule has 1 aromatic heterocycles. The van der Waals surface area contributed by atoms with Crippen molar-refractivity contribution < 1.29 is 8.42 Å². The minimum absolute atomic E-state index is 0.0182. The van der Waals surface area contributed by atoms with Gasteiger partial charge in [-0.25, -0.2) is 8.42 Å². The number of hydrogen-bond acceptors (Lipinski definition) is 4. The van der Waals surface area contributed by atoms with Crippen LogP contribution in [0, 0.1) is 0 Å². The first-order valence-corrected chi connectivity index (χ1v) is 7.27. The zero-order valence-corrected chi connectivity index (χ0v) is 11.6. The Bertz CT molecular complexity index is 664. The predicted octanol–water partition coefficient (Wildman–Crippen LogP) is 1.31. The summed E-state index contributed by atoms with van der Waals surface area (Å²) in [5, 5.41) is 3.96. The van der Waals surface area contributed by atoms with Gasteiger partial charge in [0.25, 0.3) is 10.0 Å².